The van der Waals surface area contributed by atoms with Gasteiger partial charge in [-0.2, -0.15) is 0 Å². The van der Waals surface area contributed by atoms with Gasteiger partial charge in [-0.15, -0.1) is 0 Å². The summed E-state index contributed by atoms with van der Waals surface area (Å²) in [7, 11) is -2.51. The number of carbonyl (C=O) groups is 2. The van der Waals surface area contributed by atoms with Crippen molar-refractivity contribution in [3.8, 4) is 11.1 Å². The summed E-state index contributed by atoms with van der Waals surface area (Å²) in [6, 6.07) is 20.6. The largest absolute Gasteiger partial charge is 0.452 e. The van der Waals surface area contributed by atoms with E-state index in [9.17, 15) is 18.0 Å². The van der Waals surface area contributed by atoms with E-state index in [1.807, 2.05) is 42.5 Å². The number of hydrogen-bond acceptors (Lipinski definition) is 5. The fourth-order valence-electron chi connectivity index (χ4n) is 2.73. The molecule has 0 saturated carbocycles. The van der Waals surface area contributed by atoms with Crippen LogP contribution in [0.25, 0.3) is 11.1 Å². The van der Waals surface area contributed by atoms with Gasteiger partial charge < -0.3 is 10.1 Å². The van der Waals surface area contributed by atoms with Crippen LogP contribution in [0.4, 0.5) is 5.69 Å². The highest BCUT2D eigenvalue weighted by Crippen LogP contribution is 2.22. The Labute approximate surface area is 185 Å². The van der Waals surface area contributed by atoms with Crippen LogP contribution in [0.3, 0.4) is 0 Å². The highest BCUT2D eigenvalue weighted by molar-refractivity contribution is 7.89. The second-order valence-corrected chi connectivity index (χ2v) is 8.71. The van der Waals surface area contributed by atoms with Gasteiger partial charge in [-0.05, 0) is 48.5 Å². The first-order valence-corrected chi connectivity index (χ1v) is 11.0. The Kier molecular flexibility index (Phi) is 7.06. The summed E-state index contributed by atoms with van der Waals surface area (Å²) < 4.78 is 30.9. The van der Waals surface area contributed by atoms with Crippen LogP contribution >= 0.6 is 11.6 Å². The van der Waals surface area contributed by atoms with Gasteiger partial charge >= 0.3 is 5.97 Å². The Morgan fingerprint density at radius 2 is 1.58 bits per heavy atom. The number of esters is 1. The third-order valence-electron chi connectivity index (χ3n) is 4.35. The molecule has 0 radical (unpaired) electrons. The second kappa shape index (κ2) is 9.74. The molecule has 0 aliphatic heterocycles. The van der Waals surface area contributed by atoms with Gasteiger partial charge in [-0.25, -0.2) is 17.9 Å². The van der Waals surface area contributed by atoms with Gasteiger partial charge in [0.2, 0.25) is 10.0 Å². The molecule has 0 atom stereocenters. The van der Waals surface area contributed by atoms with Gasteiger partial charge in [0.05, 0.1) is 15.5 Å². The smallest absolute Gasteiger partial charge is 0.340 e. The SMILES string of the molecule is CNS(=O)(=O)c1ccc(Cl)c(C(=O)OCC(=O)Nc2ccc(-c3ccccc3)cc2)c1. The molecule has 1 amide bonds. The van der Waals surface area contributed by atoms with Crippen LogP contribution in [0, 0.1) is 0 Å². The maximum atomic E-state index is 12.3. The standard InChI is InChI=1S/C22H19ClN2O5S/c1-24-31(28,29)18-11-12-20(23)19(13-18)22(27)30-14-21(26)25-17-9-7-16(8-10-17)15-5-3-2-4-6-15/h2-13,24H,14H2,1H3,(H,25,26). The van der Waals surface area contributed by atoms with Crippen molar-refractivity contribution < 1.29 is 22.7 Å². The lowest BCUT2D eigenvalue weighted by atomic mass is 10.1. The Hall–Kier alpha value is -3.20. The summed E-state index contributed by atoms with van der Waals surface area (Å²) >= 11 is 5.98. The first-order valence-electron chi connectivity index (χ1n) is 9.16. The number of sulfonamides is 1. The summed E-state index contributed by atoms with van der Waals surface area (Å²) in [5, 5.41) is 2.64. The summed E-state index contributed by atoms with van der Waals surface area (Å²) in [6.07, 6.45) is 0. The lowest BCUT2D eigenvalue weighted by Gasteiger charge is -2.10. The summed E-state index contributed by atoms with van der Waals surface area (Å²) in [5.74, 6) is -1.45. The monoisotopic (exact) mass is 458 g/mol. The van der Waals surface area contributed by atoms with Crippen LogP contribution in [-0.4, -0.2) is 33.9 Å². The van der Waals surface area contributed by atoms with E-state index < -0.39 is 28.5 Å². The molecule has 0 bridgehead atoms. The van der Waals surface area contributed by atoms with Crippen molar-refractivity contribution in [3.05, 3.63) is 83.4 Å². The number of benzene rings is 3. The average molecular weight is 459 g/mol. The average Bonchev–Trinajstić information content (AvgIpc) is 2.78. The minimum absolute atomic E-state index is 0.0111. The number of carbonyl (C=O) groups excluding carboxylic acids is 2. The summed E-state index contributed by atoms with van der Waals surface area (Å²) in [4.78, 5) is 24.3. The normalized spacial score (nSPS) is 11.0. The molecule has 0 heterocycles. The van der Waals surface area contributed by atoms with Gasteiger partial charge in [0, 0.05) is 5.69 Å². The molecule has 3 rings (SSSR count). The maximum Gasteiger partial charge on any atom is 0.340 e. The molecule has 2 N–H and O–H groups in total. The lowest BCUT2D eigenvalue weighted by Crippen LogP contribution is -2.22. The number of amides is 1. The predicted octanol–water partition coefficient (Wildman–Crippen LogP) is 3.71. The zero-order valence-electron chi connectivity index (χ0n) is 16.5. The van der Waals surface area contributed by atoms with Gasteiger partial charge in [-0.1, -0.05) is 54.1 Å². The third-order valence-corrected chi connectivity index (χ3v) is 6.09. The number of rotatable bonds is 7. The Bertz CT molecular complexity index is 1200. The van der Waals surface area contributed by atoms with E-state index in [4.69, 9.17) is 16.3 Å². The number of hydrogen-bond donors (Lipinski definition) is 2. The Morgan fingerprint density at radius 1 is 0.935 bits per heavy atom. The van der Waals surface area contributed by atoms with E-state index in [0.29, 0.717) is 5.69 Å². The maximum absolute atomic E-state index is 12.3. The number of nitrogens with one attached hydrogen (secondary N) is 2. The van der Waals surface area contributed by atoms with Gasteiger partial charge in [0.1, 0.15) is 0 Å². The Morgan fingerprint density at radius 3 is 2.23 bits per heavy atom. The van der Waals surface area contributed by atoms with Crippen molar-refractivity contribution in [3.63, 3.8) is 0 Å². The molecule has 3 aromatic rings. The molecular weight excluding hydrogens is 440 g/mol. The second-order valence-electron chi connectivity index (χ2n) is 6.42. The number of anilines is 1. The van der Waals surface area contributed by atoms with Crippen molar-refractivity contribution >= 4 is 39.2 Å². The topological polar surface area (TPSA) is 102 Å². The van der Waals surface area contributed by atoms with E-state index in [0.717, 1.165) is 17.2 Å². The first kappa shape index (κ1) is 22.5. The molecule has 31 heavy (non-hydrogen) atoms. The van der Waals surface area contributed by atoms with E-state index in [-0.39, 0.29) is 15.5 Å². The van der Waals surface area contributed by atoms with Gasteiger partial charge in [0.15, 0.2) is 6.61 Å². The number of ether oxygens (including phenoxy) is 1. The van der Waals surface area contributed by atoms with Crippen molar-refractivity contribution in [1.82, 2.24) is 4.72 Å². The minimum atomic E-state index is -3.76. The van der Waals surface area contributed by atoms with Crippen molar-refractivity contribution in [2.45, 2.75) is 4.90 Å². The van der Waals surface area contributed by atoms with Crippen LogP contribution in [0.5, 0.6) is 0 Å². The zero-order chi connectivity index (χ0) is 22.4. The summed E-state index contributed by atoms with van der Waals surface area (Å²) in [6.45, 7) is -0.557. The fraction of sp³-hybridized carbons (Fsp3) is 0.0909. The van der Waals surface area contributed by atoms with Crippen LogP contribution in [0.2, 0.25) is 5.02 Å². The highest BCUT2D eigenvalue weighted by Gasteiger charge is 2.19. The van der Waals surface area contributed by atoms with Crippen molar-refractivity contribution in [2.75, 3.05) is 19.0 Å². The molecule has 0 aliphatic carbocycles. The molecule has 3 aromatic carbocycles. The van der Waals surface area contributed by atoms with Crippen molar-refractivity contribution in [1.29, 1.82) is 0 Å². The first-order chi connectivity index (χ1) is 14.8. The molecular formula is C22H19ClN2O5S. The fourth-order valence-corrected chi connectivity index (χ4v) is 3.68. The molecule has 9 heteroatoms. The van der Waals surface area contributed by atoms with E-state index in [1.54, 1.807) is 12.1 Å². The third kappa shape index (κ3) is 5.69. The summed E-state index contributed by atoms with van der Waals surface area (Å²) in [5.41, 5.74) is 2.43. The van der Waals surface area contributed by atoms with Gasteiger partial charge in [-0.3, -0.25) is 4.79 Å². The molecule has 0 spiro atoms. The highest BCUT2D eigenvalue weighted by atomic mass is 35.5. The van der Waals surface area contributed by atoms with Crippen molar-refractivity contribution in [2.24, 2.45) is 0 Å². The van der Waals surface area contributed by atoms with Crippen LogP contribution < -0.4 is 10.0 Å². The van der Waals surface area contributed by atoms with E-state index in [2.05, 4.69) is 10.0 Å². The molecule has 0 fully saturated rings. The predicted molar refractivity (Wildman–Crippen MR) is 118 cm³/mol. The van der Waals surface area contributed by atoms with Crippen LogP contribution in [0.15, 0.2) is 77.7 Å². The Balaban J connectivity index is 1.61. The molecule has 160 valence electrons. The van der Waals surface area contributed by atoms with Crippen LogP contribution in [0.1, 0.15) is 10.4 Å². The van der Waals surface area contributed by atoms with E-state index >= 15 is 0 Å². The molecule has 0 aromatic heterocycles. The molecule has 0 saturated heterocycles. The van der Waals surface area contributed by atoms with Gasteiger partial charge in [0.25, 0.3) is 5.91 Å². The molecule has 0 unspecified atom stereocenters. The number of halogens is 1. The minimum Gasteiger partial charge on any atom is -0.452 e. The van der Waals surface area contributed by atoms with Crippen LogP contribution in [-0.2, 0) is 19.6 Å². The molecule has 0 aliphatic rings. The molecule has 7 nitrogen and oxygen atoms in total. The lowest BCUT2D eigenvalue weighted by molar-refractivity contribution is -0.119. The quantitative estimate of drug-likeness (QED) is 0.525. The van der Waals surface area contributed by atoms with E-state index in [1.165, 1.54) is 19.2 Å². The zero-order valence-corrected chi connectivity index (χ0v) is 18.0.